The summed E-state index contributed by atoms with van der Waals surface area (Å²) in [7, 11) is 0. The molecule has 0 amide bonds. The number of hydrogen-bond donors (Lipinski definition) is 2. The van der Waals surface area contributed by atoms with E-state index in [9.17, 15) is 9.59 Å². The molecular formula is C16H13N3O3. The van der Waals surface area contributed by atoms with Crippen LogP contribution in [0.5, 0.6) is 0 Å². The van der Waals surface area contributed by atoms with Crippen LogP contribution in [0.1, 0.15) is 5.56 Å². The Hall–Kier alpha value is -3.15. The van der Waals surface area contributed by atoms with Gasteiger partial charge in [-0.1, -0.05) is 12.1 Å². The molecule has 0 saturated carbocycles. The van der Waals surface area contributed by atoms with E-state index in [0.29, 0.717) is 27.8 Å². The van der Waals surface area contributed by atoms with E-state index >= 15 is 0 Å². The Morgan fingerprint density at radius 2 is 1.91 bits per heavy atom. The second kappa shape index (κ2) is 5.33. The number of nitrogens with zero attached hydrogens (tertiary/aromatic N) is 2. The highest BCUT2D eigenvalue weighted by Gasteiger charge is 2.07. The molecule has 2 aromatic carbocycles. The number of aromatic nitrogens is 2. The molecule has 0 aliphatic heterocycles. The van der Waals surface area contributed by atoms with Crippen molar-refractivity contribution in [1.82, 2.24) is 9.55 Å². The van der Waals surface area contributed by atoms with Crippen LogP contribution in [0.25, 0.3) is 16.6 Å². The molecule has 0 saturated heterocycles. The highest BCUT2D eigenvalue weighted by molar-refractivity contribution is 5.81. The average Bonchev–Trinajstić information content (AvgIpc) is 2.49. The van der Waals surface area contributed by atoms with Crippen LogP contribution in [0.15, 0.2) is 53.6 Å². The van der Waals surface area contributed by atoms with Gasteiger partial charge in [0, 0.05) is 5.69 Å². The summed E-state index contributed by atoms with van der Waals surface area (Å²) in [6, 6.07) is 11.7. The lowest BCUT2D eigenvalue weighted by Crippen LogP contribution is -2.19. The number of carbonyl (C=O) groups is 1. The summed E-state index contributed by atoms with van der Waals surface area (Å²) >= 11 is 0. The van der Waals surface area contributed by atoms with Gasteiger partial charge in [-0.25, -0.2) is 4.98 Å². The van der Waals surface area contributed by atoms with Crippen molar-refractivity contribution in [2.45, 2.75) is 6.42 Å². The van der Waals surface area contributed by atoms with Gasteiger partial charge in [0.1, 0.15) is 6.33 Å². The van der Waals surface area contributed by atoms with Gasteiger partial charge in [-0.15, -0.1) is 0 Å². The summed E-state index contributed by atoms with van der Waals surface area (Å²) in [4.78, 5) is 27.4. The molecule has 3 aromatic rings. The molecule has 0 spiro atoms. The van der Waals surface area contributed by atoms with Crippen LogP contribution in [0, 0.1) is 0 Å². The fourth-order valence-electron chi connectivity index (χ4n) is 2.27. The highest BCUT2D eigenvalue weighted by Crippen LogP contribution is 2.13. The van der Waals surface area contributed by atoms with E-state index in [1.165, 1.54) is 10.9 Å². The minimum absolute atomic E-state index is 0.0539. The average molecular weight is 295 g/mol. The van der Waals surface area contributed by atoms with E-state index in [2.05, 4.69) is 4.98 Å². The van der Waals surface area contributed by atoms with Crippen molar-refractivity contribution in [2.75, 3.05) is 5.73 Å². The van der Waals surface area contributed by atoms with Gasteiger partial charge in [0.2, 0.25) is 0 Å². The molecule has 6 nitrogen and oxygen atoms in total. The zero-order valence-electron chi connectivity index (χ0n) is 11.6. The van der Waals surface area contributed by atoms with Crippen LogP contribution >= 0.6 is 0 Å². The highest BCUT2D eigenvalue weighted by atomic mass is 16.4. The second-order valence-corrected chi connectivity index (χ2v) is 4.93. The Bertz CT molecular complexity index is 914. The molecule has 0 atom stereocenters. The largest absolute Gasteiger partial charge is 0.481 e. The Labute approximate surface area is 125 Å². The normalized spacial score (nSPS) is 10.7. The number of nitrogen functional groups attached to an aromatic ring is 1. The molecule has 0 aliphatic rings. The second-order valence-electron chi connectivity index (χ2n) is 4.93. The first-order chi connectivity index (χ1) is 10.5. The lowest BCUT2D eigenvalue weighted by molar-refractivity contribution is -0.136. The summed E-state index contributed by atoms with van der Waals surface area (Å²) in [6.07, 6.45) is 1.40. The number of anilines is 1. The van der Waals surface area contributed by atoms with Crippen LogP contribution in [0.2, 0.25) is 0 Å². The van der Waals surface area contributed by atoms with E-state index in [4.69, 9.17) is 10.8 Å². The molecule has 0 fully saturated rings. The first-order valence-electron chi connectivity index (χ1n) is 6.62. The number of aliphatic carboxylic acids is 1. The predicted molar refractivity (Wildman–Crippen MR) is 83.1 cm³/mol. The Balaban J connectivity index is 2.08. The van der Waals surface area contributed by atoms with Crippen molar-refractivity contribution < 1.29 is 9.90 Å². The van der Waals surface area contributed by atoms with Gasteiger partial charge in [0.05, 0.1) is 23.0 Å². The number of benzene rings is 2. The number of carboxylic acids is 1. The van der Waals surface area contributed by atoms with Gasteiger partial charge in [-0.05, 0) is 35.9 Å². The van der Waals surface area contributed by atoms with Crippen LogP contribution in [0.4, 0.5) is 5.69 Å². The quantitative estimate of drug-likeness (QED) is 0.715. The third-order valence-corrected chi connectivity index (χ3v) is 3.35. The number of carboxylic acid groups (broad SMARTS) is 1. The molecule has 110 valence electrons. The maximum Gasteiger partial charge on any atom is 0.307 e. The Morgan fingerprint density at radius 3 is 2.59 bits per heavy atom. The van der Waals surface area contributed by atoms with Gasteiger partial charge in [0.25, 0.3) is 5.56 Å². The van der Waals surface area contributed by atoms with Gasteiger partial charge >= 0.3 is 5.97 Å². The van der Waals surface area contributed by atoms with Gasteiger partial charge < -0.3 is 10.8 Å². The van der Waals surface area contributed by atoms with E-state index in [0.717, 1.165) is 0 Å². The molecular weight excluding hydrogens is 282 g/mol. The molecule has 0 radical (unpaired) electrons. The zero-order chi connectivity index (χ0) is 15.7. The fraction of sp³-hybridized carbons (Fsp3) is 0.0625. The van der Waals surface area contributed by atoms with Crippen molar-refractivity contribution >= 4 is 22.6 Å². The maximum absolute atomic E-state index is 12.5. The summed E-state index contributed by atoms with van der Waals surface area (Å²) in [5.41, 5.74) is 7.87. The SMILES string of the molecule is Nc1ccc2ncn(-c3ccc(CC(=O)O)cc3)c(=O)c2c1. The standard InChI is InChI=1S/C16H13N3O3/c17-11-3-6-14-13(8-11)16(22)19(9-18-14)12-4-1-10(2-5-12)7-15(20)21/h1-6,8-9H,7,17H2,(H,20,21). The van der Waals surface area contributed by atoms with Crippen molar-refractivity contribution in [1.29, 1.82) is 0 Å². The van der Waals surface area contributed by atoms with Crippen LogP contribution in [-0.2, 0) is 11.2 Å². The molecule has 0 bridgehead atoms. The summed E-state index contributed by atoms with van der Waals surface area (Å²) < 4.78 is 1.41. The third-order valence-electron chi connectivity index (χ3n) is 3.35. The molecule has 3 N–H and O–H groups in total. The number of rotatable bonds is 3. The van der Waals surface area contributed by atoms with Gasteiger partial charge in [-0.3, -0.25) is 14.2 Å². The van der Waals surface area contributed by atoms with E-state index in [1.54, 1.807) is 42.5 Å². The zero-order valence-corrected chi connectivity index (χ0v) is 11.6. The molecule has 3 rings (SSSR count). The topological polar surface area (TPSA) is 98.2 Å². The molecule has 0 aliphatic carbocycles. The number of fused-ring (bicyclic) bond motifs is 1. The minimum atomic E-state index is -0.896. The summed E-state index contributed by atoms with van der Waals surface area (Å²) in [6.45, 7) is 0. The van der Waals surface area contributed by atoms with Crippen molar-refractivity contribution in [3.8, 4) is 5.69 Å². The van der Waals surface area contributed by atoms with E-state index in [1.807, 2.05) is 0 Å². The first kappa shape index (κ1) is 13.8. The number of nitrogens with two attached hydrogens (primary N) is 1. The monoisotopic (exact) mass is 295 g/mol. The minimum Gasteiger partial charge on any atom is -0.481 e. The van der Waals surface area contributed by atoms with Crippen LogP contribution in [0.3, 0.4) is 0 Å². The molecule has 0 unspecified atom stereocenters. The van der Waals surface area contributed by atoms with Crippen molar-refractivity contribution in [3.63, 3.8) is 0 Å². The Kier molecular flexibility index (Phi) is 3.34. The smallest absolute Gasteiger partial charge is 0.307 e. The van der Waals surface area contributed by atoms with Gasteiger partial charge in [0.15, 0.2) is 0 Å². The van der Waals surface area contributed by atoms with Crippen molar-refractivity contribution in [3.05, 3.63) is 64.7 Å². The third kappa shape index (κ3) is 2.54. The summed E-state index contributed by atoms with van der Waals surface area (Å²) in [5, 5.41) is 9.21. The van der Waals surface area contributed by atoms with E-state index < -0.39 is 5.97 Å². The molecule has 22 heavy (non-hydrogen) atoms. The predicted octanol–water partition coefficient (Wildman–Crippen LogP) is 1.59. The summed E-state index contributed by atoms with van der Waals surface area (Å²) in [5.74, 6) is -0.896. The lowest BCUT2D eigenvalue weighted by atomic mass is 10.1. The van der Waals surface area contributed by atoms with Crippen LogP contribution < -0.4 is 11.3 Å². The first-order valence-corrected chi connectivity index (χ1v) is 6.62. The maximum atomic E-state index is 12.5. The molecule has 1 aromatic heterocycles. The lowest BCUT2D eigenvalue weighted by Gasteiger charge is -2.07. The van der Waals surface area contributed by atoms with Crippen molar-refractivity contribution in [2.24, 2.45) is 0 Å². The van der Waals surface area contributed by atoms with Gasteiger partial charge in [-0.2, -0.15) is 0 Å². The van der Waals surface area contributed by atoms with E-state index in [-0.39, 0.29) is 12.0 Å². The number of hydrogen-bond acceptors (Lipinski definition) is 4. The molecule has 1 heterocycles. The molecule has 6 heteroatoms. The fourth-order valence-corrected chi connectivity index (χ4v) is 2.27. The van der Waals surface area contributed by atoms with Crippen LogP contribution in [-0.4, -0.2) is 20.6 Å². The Morgan fingerprint density at radius 1 is 1.18 bits per heavy atom.